The highest BCUT2D eigenvalue weighted by Gasteiger charge is 2.76. The van der Waals surface area contributed by atoms with Crippen molar-refractivity contribution < 1.29 is 18.3 Å². The van der Waals surface area contributed by atoms with Crippen LogP contribution in [0, 0.1) is 11.3 Å². The normalized spacial score (nSPS) is 33.7. The smallest absolute Gasteiger partial charge is 0.308 e. The zero-order chi connectivity index (χ0) is 14.1. The molecule has 102 valence electrons. The highest BCUT2D eigenvalue weighted by molar-refractivity contribution is 7.91. The number of carbonyl (C=O) groups is 1. The first-order chi connectivity index (χ1) is 8.75. The van der Waals surface area contributed by atoms with E-state index in [1.165, 1.54) is 0 Å². The highest BCUT2D eigenvalue weighted by Crippen LogP contribution is 2.73. The van der Waals surface area contributed by atoms with Crippen LogP contribution in [0.1, 0.15) is 25.8 Å². The molecule has 1 heterocycles. The summed E-state index contributed by atoms with van der Waals surface area (Å²) in [7, 11) is -3.27. The van der Waals surface area contributed by atoms with Crippen molar-refractivity contribution >= 4 is 15.8 Å². The lowest BCUT2D eigenvalue weighted by atomic mass is 9.84. The fraction of sp³-hybridized carbons (Fsp3) is 0.500. The second-order valence-electron chi connectivity index (χ2n) is 6.03. The van der Waals surface area contributed by atoms with Crippen LogP contribution in [0.3, 0.4) is 0 Å². The molecule has 0 aromatic heterocycles. The largest absolute Gasteiger partial charge is 0.481 e. The van der Waals surface area contributed by atoms with Crippen LogP contribution in [0.25, 0.3) is 0 Å². The lowest BCUT2D eigenvalue weighted by Crippen LogP contribution is -2.29. The van der Waals surface area contributed by atoms with E-state index in [1.807, 2.05) is 13.8 Å². The average molecular weight is 280 g/mol. The van der Waals surface area contributed by atoms with Gasteiger partial charge in [0.25, 0.3) is 0 Å². The molecular weight excluding hydrogens is 264 g/mol. The summed E-state index contributed by atoms with van der Waals surface area (Å²) >= 11 is 0. The second kappa shape index (κ2) is 3.39. The summed E-state index contributed by atoms with van der Waals surface area (Å²) in [5.41, 5.74) is -0.232. The summed E-state index contributed by atoms with van der Waals surface area (Å²) in [6.07, 6.45) is 0.399. The van der Waals surface area contributed by atoms with Crippen molar-refractivity contribution in [2.75, 3.05) is 5.75 Å². The van der Waals surface area contributed by atoms with Gasteiger partial charge < -0.3 is 5.11 Å². The van der Waals surface area contributed by atoms with Gasteiger partial charge in [-0.05, 0) is 23.5 Å². The van der Waals surface area contributed by atoms with Crippen molar-refractivity contribution in [2.45, 2.75) is 30.6 Å². The van der Waals surface area contributed by atoms with Crippen molar-refractivity contribution in [3.05, 3.63) is 29.8 Å². The minimum atomic E-state index is -3.27. The number of carboxylic acids is 1. The summed E-state index contributed by atoms with van der Waals surface area (Å²) in [5, 5.41) is 9.41. The summed E-state index contributed by atoms with van der Waals surface area (Å²) in [6.45, 7) is 3.83. The van der Waals surface area contributed by atoms with Gasteiger partial charge in [0.15, 0.2) is 9.84 Å². The summed E-state index contributed by atoms with van der Waals surface area (Å²) in [4.78, 5) is 11.8. The fourth-order valence-electron chi connectivity index (χ4n) is 3.99. The average Bonchev–Trinajstić information content (AvgIpc) is 2.83. The fourth-order valence-corrected chi connectivity index (χ4v) is 5.67. The number of sulfone groups is 1. The maximum atomic E-state index is 12.1. The topological polar surface area (TPSA) is 71.4 Å². The van der Waals surface area contributed by atoms with Crippen LogP contribution in [0.4, 0.5) is 0 Å². The molecule has 1 spiro atoms. The van der Waals surface area contributed by atoms with Gasteiger partial charge in [-0.25, -0.2) is 8.42 Å². The molecule has 2 unspecified atom stereocenters. The van der Waals surface area contributed by atoms with E-state index in [9.17, 15) is 18.3 Å². The molecule has 0 radical (unpaired) electrons. The van der Waals surface area contributed by atoms with Crippen LogP contribution in [-0.4, -0.2) is 25.2 Å². The van der Waals surface area contributed by atoms with Crippen molar-refractivity contribution in [1.29, 1.82) is 0 Å². The predicted molar refractivity (Wildman–Crippen MR) is 69.7 cm³/mol. The van der Waals surface area contributed by atoms with E-state index < -0.39 is 32.6 Å². The Bertz CT molecular complexity index is 674. The molecule has 1 fully saturated rings. The summed E-state index contributed by atoms with van der Waals surface area (Å²) in [5.74, 6) is -1.30. The Morgan fingerprint density at radius 3 is 2.53 bits per heavy atom. The van der Waals surface area contributed by atoms with Gasteiger partial charge in [0.05, 0.1) is 16.6 Å². The van der Waals surface area contributed by atoms with Gasteiger partial charge in [-0.3, -0.25) is 4.79 Å². The van der Waals surface area contributed by atoms with E-state index in [0.717, 1.165) is 0 Å². The molecule has 1 saturated carbocycles. The van der Waals surface area contributed by atoms with Crippen LogP contribution in [0.5, 0.6) is 0 Å². The lowest BCUT2D eigenvalue weighted by Gasteiger charge is -2.28. The standard InChI is InChI=1S/C14H16O4S/c1-13(2)11(12(15)16)14(13)7-8-19(17,18)10-6-4-3-5-9(10)14/h3-6,11H,7-8H2,1-2H3,(H,15,16). The Morgan fingerprint density at radius 1 is 1.32 bits per heavy atom. The first kappa shape index (κ1) is 12.7. The van der Waals surface area contributed by atoms with Crippen LogP contribution >= 0.6 is 0 Å². The Labute approximate surface area is 112 Å². The Balaban J connectivity index is 2.26. The van der Waals surface area contributed by atoms with E-state index in [1.54, 1.807) is 24.3 Å². The van der Waals surface area contributed by atoms with E-state index in [4.69, 9.17) is 0 Å². The summed E-state index contributed by atoms with van der Waals surface area (Å²) < 4.78 is 24.3. The van der Waals surface area contributed by atoms with Gasteiger partial charge in [-0.1, -0.05) is 32.0 Å². The van der Waals surface area contributed by atoms with Gasteiger partial charge in [0.2, 0.25) is 0 Å². The van der Waals surface area contributed by atoms with E-state index in [0.29, 0.717) is 16.9 Å². The van der Waals surface area contributed by atoms with Crippen molar-refractivity contribution in [3.63, 3.8) is 0 Å². The Hall–Kier alpha value is -1.36. The molecule has 1 aromatic rings. The van der Waals surface area contributed by atoms with Crippen LogP contribution in [-0.2, 0) is 20.0 Å². The SMILES string of the molecule is CC1(C)C(C(=O)O)C12CCS(=O)(=O)c1ccccc12. The Kier molecular flexibility index (Phi) is 2.26. The zero-order valence-electron chi connectivity index (χ0n) is 10.9. The Morgan fingerprint density at radius 2 is 1.95 bits per heavy atom. The first-order valence-electron chi connectivity index (χ1n) is 6.30. The van der Waals surface area contributed by atoms with Crippen LogP contribution in [0.2, 0.25) is 0 Å². The van der Waals surface area contributed by atoms with E-state index >= 15 is 0 Å². The number of carboxylic acid groups (broad SMARTS) is 1. The van der Waals surface area contributed by atoms with Gasteiger partial charge >= 0.3 is 5.97 Å². The molecule has 5 heteroatoms. The first-order valence-corrected chi connectivity index (χ1v) is 7.95. The van der Waals surface area contributed by atoms with Gasteiger partial charge in [0.1, 0.15) is 0 Å². The molecule has 3 rings (SSSR count). The minimum Gasteiger partial charge on any atom is -0.481 e. The second-order valence-corrected chi connectivity index (χ2v) is 8.11. The van der Waals surface area contributed by atoms with Crippen molar-refractivity contribution in [2.24, 2.45) is 11.3 Å². The number of rotatable bonds is 1. The number of hydrogen-bond acceptors (Lipinski definition) is 3. The predicted octanol–water partition coefficient (Wildman–Crippen LogP) is 1.84. The number of fused-ring (bicyclic) bond motifs is 2. The monoisotopic (exact) mass is 280 g/mol. The van der Waals surface area contributed by atoms with Gasteiger partial charge in [-0.2, -0.15) is 0 Å². The lowest BCUT2D eigenvalue weighted by molar-refractivity contribution is -0.139. The third-order valence-corrected chi connectivity index (χ3v) is 6.76. The molecule has 0 saturated heterocycles. The maximum Gasteiger partial charge on any atom is 0.308 e. The molecule has 2 atom stereocenters. The van der Waals surface area contributed by atoms with E-state index in [2.05, 4.69) is 0 Å². The zero-order valence-corrected chi connectivity index (χ0v) is 11.7. The molecule has 0 bridgehead atoms. The quantitative estimate of drug-likeness (QED) is 0.852. The molecule has 1 aliphatic heterocycles. The molecule has 2 aliphatic rings. The molecule has 4 nitrogen and oxygen atoms in total. The molecular formula is C14H16O4S. The van der Waals surface area contributed by atoms with Crippen LogP contribution < -0.4 is 0 Å². The molecule has 1 aliphatic carbocycles. The third kappa shape index (κ3) is 1.34. The maximum absolute atomic E-state index is 12.1. The van der Waals surface area contributed by atoms with Crippen molar-refractivity contribution in [1.82, 2.24) is 0 Å². The van der Waals surface area contributed by atoms with E-state index in [-0.39, 0.29) is 5.75 Å². The van der Waals surface area contributed by atoms with Crippen LogP contribution in [0.15, 0.2) is 29.2 Å². The van der Waals surface area contributed by atoms with Gasteiger partial charge in [-0.15, -0.1) is 0 Å². The third-order valence-electron chi connectivity index (χ3n) is 5.00. The molecule has 0 amide bonds. The van der Waals surface area contributed by atoms with Crippen molar-refractivity contribution in [3.8, 4) is 0 Å². The molecule has 1 aromatic carbocycles. The highest BCUT2D eigenvalue weighted by atomic mass is 32.2. The number of aliphatic carboxylic acids is 1. The van der Waals surface area contributed by atoms with Gasteiger partial charge in [0, 0.05) is 5.41 Å². The summed E-state index contributed by atoms with van der Waals surface area (Å²) in [6, 6.07) is 6.85. The molecule has 1 N–H and O–H groups in total. The minimum absolute atomic E-state index is 0.0389. The molecule has 19 heavy (non-hydrogen) atoms. The number of hydrogen-bond donors (Lipinski definition) is 1. The number of benzene rings is 1.